The minimum Gasteiger partial charge on any atom is -0.394 e. The van der Waals surface area contributed by atoms with Gasteiger partial charge in [0.25, 0.3) is 0 Å². The van der Waals surface area contributed by atoms with Crippen LogP contribution >= 0.6 is 0 Å². The molecule has 2 atom stereocenters. The van der Waals surface area contributed by atoms with Crippen molar-refractivity contribution in [3.8, 4) is 0 Å². The molecule has 48 heavy (non-hydrogen) atoms. The maximum Gasteiger partial charge on any atom is 0.220 e. The first-order chi connectivity index (χ1) is 23.7. The van der Waals surface area contributed by atoms with Crippen molar-refractivity contribution in [3.05, 3.63) is 0 Å². The normalized spacial score (nSPS) is 12.8. The van der Waals surface area contributed by atoms with E-state index in [1.54, 1.807) is 0 Å². The van der Waals surface area contributed by atoms with Gasteiger partial charge in [-0.3, -0.25) is 4.79 Å². The van der Waals surface area contributed by atoms with Crippen molar-refractivity contribution in [3.63, 3.8) is 0 Å². The molecule has 2 unspecified atom stereocenters. The maximum atomic E-state index is 12.2. The van der Waals surface area contributed by atoms with Gasteiger partial charge >= 0.3 is 0 Å². The molecule has 0 saturated heterocycles. The molecule has 0 radical (unpaired) electrons. The van der Waals surface area contributed by atoms with Crippen molar-refractivity contribution in [1.82, 2.24) is 5.32 Å². The second kappa shape index (κ2) is 40.8. The molecule has 288 valence electrons. The third-order valence-corrected chi connectivity index (χ3v) is 10.6. The van der Waals surface area contributed by atoms with Crippen LogP contribution in [0.15, 0.2) is 0 Å². The number of aliphatic hydroxyl groups is 2. The highest BCUT2D eigenvalue weighted by molar-refractivity contribution is 5.76. The zero-order chi connectivity index (χ0) is 35.0. The van der Waals surface area contributed by atoms with E-state index in [1.165, 1.54) is 205 Å². The van der Waals surface area contributed by atoms with Gasteiger partial charge in [0.2, 0.25) is 5.91 Å². The van der Waals surface area contributed by atoms with Gasteiger partial charge < -0.3 is 15.5 Å². The van der Waals surface area contributed by atoms with Gasteiger partial charge in [-0.1, -0.05) is 239 Å². The van der Waals surface area contributed by atoms with Crippen LogP contribution in [0.3, 0.4) is 0 Å². The van der Waals surface area contributed by atoms with Crippen LogP contribution in [0.25, 0.3) is 0 Å². The fourth-order valence-corrected chi connectivity index (χ4v) is 7.19. The van der Waals surface area contributed by atoms with Crippen LogP contribution in [-0.4, -0.2) is 34.9 Å². The number of aliphatic hydroxyl groups excluding tert-OH is 2. The Morgan fingerprint density at radius 1 is 0.417 bits per heavy atom. The van der Waals surface area contributed by atoms with Gasteiger partial charge in [0.15, 0.2) is 0 Å². The van der Waals surface area contributed by atoms with Crippen LogP contribution in [0.1, 0.15) is 258 Å². The minimum atomic E-state index is -0.651. The molecular formula is C44H89NO3. The zero-order valence-electron chi connectivity index (χ0n) is 33.0. The zero-order valence-corrected chi connectivity index (χ0v) is 33.0. The second-order valence-electron chi connectivity index (χ2n) is 15.5. The van der Waals surface area contributed by atoms with Gasteiger partial charge in [-0.25, -0.2) is 0 Å². The van der Waals surface area contributed by atoms with E-state index in [0.717, 1.165) is 25.7 Å². The Morgan fingerprint density at radius 2 is 0.667 bits per heavy atom. The van der Waals surface area contributed by atoms with Crippen molar-refractivity contribution in [2.75, 3.05) is 6.61 Å². The molecule has 0 aromatic heterocycles. The van der Waals surface area contributed by atoms with Gasteiger partial charge in [-0.2, -0.15) is 0 Å². The summed E-state index contributed by atoms with van der Waals surface area (Å²) in [5.41, 5.74) is 0. The van der Waals surface area contributed by atoms with Crippen LogP contribution in [-0.2, 0) is 4.79 Å². The Kier molecular flexibility index (Phi) is 40.3. The first-order valence-electron chi connectivity index (χ1n) is 22.2. The lowest BCUT2D eigenvalue weighted by atomic mass is 10.0. The maximum absolute atomic E-state index is 12.2. The molecule has 0 bridgehead atoms. The third kappa shape index (κ3) is 36.7. The Bertz CT molecular complexity index is 612. The van der Waals surface area contributed by atoms with Crippen molar-refractivity contribution >= 4 is 5.91 Å². The summed E-state index contributed by atoms with van der Waals surface area (Å²) in [7, 11) is 0. The van der Waals surface area contributed by atoms with Crippen molar-refractivity contribution in [2.24, 2.45) is 0 Å². The van der Waals surface area contributed by atoms with Crippen LogP contribution in [0.5, 0.6) is 0 Å². The van der Waals surface area contributed by atoms with E-state index in [1.807, 2.05) is 0 Å². The Hall–Kier alpha value is -0.610. The summed E-state index contributed by atoms with van der Waals surface area (Å²) in [5, 5.41) is 23.0. The average molecular weight is 680 g/mol. The lowest BCUT2D eigenvalue weighted by Gasteiger charge is -2.22. The first kappa shape index (κ1) is 47.4. The number of carbonyl (C=O) groups excluding carboxylic acids is 1. The number of unbranched alkanes of at least 4 members (excludes halogenated alkanes) is 34. The lowest BCUT2D eigenvalue weighted by Crippen LogP contribution is -2.45. The Balaban J connectivity index is 3.31. The highest BCUT2D eigenvalue weighted by Crippen LogP contribution is 2.17. The van der Waals surface area contributed by atoms with Gasteiger partial charge in [-0.15, -0.1) is 0 Å². The lowest BCUT2D eigenvalue weighted by molar-refractivity contribution is -0.123. The van der Waals surface area contributed by atoms with Crippen LogP contribution in [0.2, 0.25) is 0 Å². The molecule has 4 nitrogen and oxygen atoms in total. The van der Waals surface area contributed by atoms with Crippen LogP contribution < -0.4 is 5.32 Å². The molecular weight excluding hydrogens is 590 g/mol. The van der Waals surface area contributed by atoms with E-state index in [0.29, 0.717) is 12.8 Å². The molecule has 0 saturated carbocycles. The number of amides is 1. The predicted octanol–water partition coefficient (Wildman–Crippen LogP) is 13.7. The molecule has 0 aliphatic carbocycles. The number of carbonyl (C=O) groups is 1. The molecule has 1 amide bonds. The molecule has 0 aliphatic rings. The summed E-state index contributed by atoms with van der Waals surface area (Å²) >= 11 is 0. The molecule has 0 aromatic carbocycles. The molecule has 4 heteroatoms. The molecule has 0 spiro atoms. The van der Waals surface area contributed by atoms with E-state index in [9.17, 15) is 15.0 Å². The van der Waals surface area contributed by atoms with Gasteiger partial charge in [-0.05, 0) is 12.8 Å². The highest BCUT2D eigenvalue weighted by atomic mass is 16.3. The molecule has 0 aromatic rings. The molecule has 0 rings (SSSR count). The smallest absolute Gasteiger partial charge is 0.220 e. The summed E-state index contributed by atoms with van der Waals surface area (Å²) in [4.78, 5) is 12.2. The molecule has 3 N–H and O–H groups in total. The van der Waals surface area contributed by atoms with E-state index in [4.69, 9.17) is 0 Å². The second-order valence-corrected chi connectivity index (χ2v) is 15.5. The standard InChI is InChI=1S/C44H89NO3/c1-3-5-7-9-11-12-13-14-15-16-17-18-19-20-21-22-23-24-25-26-27-28-29-30-31-32-33-34-35-37-39-43(47)42(41-46)45-44(48)40-38-36-10-8-6-4-2/h42-43,46-47H,3-41H2,1-2H3,(H,45,48). The summed E-state index contributed by atoms with van der Waals surface area (Å²) in [5.74, 6) is -0.0377. The molecule has 0 aliphatic heterocycles. The number of hydrogen-bond donors (Lipinski definition) is 3. The van der Waals surface area contributed by atoms with Crippen molar-refractivity contribution in [2.45, 2.75) is 270 Å². The van der Waals surface area contributed by atoms with E-state index < -0.39 is 12.1 Å². The summed E-state index contributed by atoms with van der Waals surface area (Å²) < 4.78 is 0. The fraction of sp³-hybridized carbons (Fsp3) is 0.977. The Morgan fingerprint density at radius 3 is 0.938 bits per heavy atom. The van der Waals surface area contributed by atoms with Gasteiger partial charge in [0.05, 0.1) is 18.8 Å². The summed E-state index contributed by atoms with van der Waals surface area (Å²) in [6, 6.07) is -0.527. The average Bonchev–Trinajstić information content (AvgIpc) is 3.09. The summed E-state index contributed by atoms with van der Waals surface area (Å²) in [6.45, 7) is 4.32. The minimum absolute atomic E-state index is 0.0377. The topological polar surface area (TPSA) is 69.6 Å². The predicted molar refractivity (Wildman–Crippen MR) is 212 cm³/mol. The van der Waals surface area contributed by atoms with E-state index in [-0.39, 0.29) is 12.5 Å². The SMILES string of the molecule is CCCCCCCCCCCCCCCCCCCCCCCCCCCCCCCCC(O)C(CO)NC(=O)CCCCCCCC. The number of rotatable bonds is 41. The number of nitrogens with one attached hydrogen (secondary N) is 1. The van der Waals surface area contributed by atoms with Crippen LogP contribution in [0, 0.1) is 0 Å². The van der Waals surface area contributed by atoms with E-state index >= 15 is 0 Å². The fourth-order valence-electron chi connectivity index (χ4n) is 7.19. The first-order valence-corrected chi connectivity index (χ1v) is 22.2. The molecule has 0 fully saturated rings. The Labute approximate surface area is 302 Å². The van der Waals surface area contributed by atoms with Gasteiger partial charge in [0, 0.05) is 6.42 Å². The largest absolute Gasteiger partial charge is 0.394 e. The monoisotopic (exact) mass is 680 g/mol. The van der Waals surface area contributed by atoms with Crippen LogP contribution in [0.4, 0.5) is 0 Å². The number of hydrogen-bond acceptors (Lipinski definition) is 3. The van der Waals surface area contributed by atoms with Crippen molar-refractivity contribution < 1.29 is 15.0 Å². The highest BCUT2D eigenvalue weighted by Gasteiger charge is 2.20. The third-order valence-electron chi connectivity index (χ3n) is 10.6. The van der Waals surface area contributed by atoms with Crippen molar-refractivity contribution in [1.29, 1.82) is 0 Å². The summed E-state index contributed by atoms with van der Waals surface area (Å²) in [6.07, 6.45) is 49.4. The van der Waals surface area contributed by atoms with Gasteiger partial charge in [0.1, 0.15) is 0 Å². The quantitative estimate of drug-likeness (QED) is 0.0563. The van der Waals surface area contributed by atoms with E-state index in [2.05, 4.69) is 19.2 Å². The molecule has 0 heterocycles.